The van der Waals surface area contributed by atoms with Gasteiger partial charge in [0.05, 0.1) is 5.69 Å². The van der Waals surface area contributed by atoms with E-state index in [0.717, 1.165) is 10.0 Å². The maximum atomic E-state index is 12.2. The number of hydrogen-bond acceptors (Lipinski definition) is 4. The number of carbonyl (C=O) groups excluding carboxylic acids is 2. The molecule has 1 heterocycles. The molecule has 0 saturated heterocycles. The normalized spacial score (nSPS) is 11.6. The van der Waals surface area contributed by atoms with Gasteiger partial charge in [0.15, 0.2) is 6.10 Å². The lowest BCUT2D eigenvalue weighted by Crippen LogP contribution is -2.30. The van der Waals surface area contributed by atoms with Crippen LogP contribution in [0.5, 0.6) is 0 Å². The number of rotatable bonds is 5. The zero-order chi connectivity index (χ0) is 18.5. The molecule has 0 bridgehead atoms. The van der Waals surface area contributed by atoms with Crippen molar-refractivity contribution in [1.82, 2.24) is 10.2 Å². The highest BCUT2D eigenvalue weighted by atomic mass is 79.9. The summed E-state index contributed by atoms with van der Waals surface area (Å²) in [6, 6.07) is 18.1. The van der Waals surface area contributed by atoms with Crippen LogP contribution in [0.1, 0.15) is 17.4 Å². The SMILES string of the molecule is CC(OC(=O)c1cc(-c2ccc(Br)cc2)n[nH]1)C(=O)Nc1ccccc1. The summed E-state index contributed by atoms with van der Waals surface area (Å²) in [6.07, 6.45) is -0.942. The Balaban J connectivity index is 1.62. The Labute approximate surface area is 158 Å². The predicted molar refractivity (Wildman–Crippen MR) is 102 cm³/mol. The molecule has 6 nitrogen and oxygen atoms in total. The fourth-order valence-electron chi connectivity index (χ4n) is 2.24. The summed E-state index contributed by atoms with van der Waals surface area (Å²) in [5.41, 5.74) is 2.30. The number of benzene rings is 2. The van der Waals surface area contributed by atoms with Crippen LogP contribution in [0, 0.1) is 0 Å². The zero-order valence-corrected chi connectivity index (χ0v) is 15.5. The van der Waals surface area contributed by atoms with Gasteiger partial charge in [-0.05, 0) is 37.3 Å². The van der Waals surface area contributed by atoms with E-state index in [1.165, 1.54) is 6.92 Å². The monoisotopic (exact) mass is 413 g/mol. The highest BCUT2D eigenvalue weighted by Crippen LogP contribution is 2.21. The van der Waals surface area contributed by atoms with E-state index in [0.29, 0.717) is 11.4 Å². The van der Waals surface area contributed by atoms with Crippen LogP contribution in [-0.2, 0) is 9.53 Å². The molecule has 0 spiro atoms. The van der Waals surface area contributed by atoms with E-state index in [1.54, 1.807) is 30.3 Å². The summed E-state index contributed by atoms with van der Waals surface area (Å²) in [6.45, 7) is 1.52. The number of aromatic nitrogens is 2. The molecule has 0 aliphatic carbocycles. The Kier molecular flexibility index (Phi) is 5.48. The van der Waals surface area contributed by atoms with Crippen LogP contribution in [0.15, 0.2) is 65.1 Å². The number of aromatic amines is 1. The van der Waals surface area contributed by atoms with E-state index >= 15 is 0 Å². The lowest BCUT2D eigenvalue weighted by Gasteiger charge is -2.12. The van der Waals surface area contributed by atoms with E-state index in [2.05, 4.69) is 31.4 Å². The average Bonchev–Trinajstić information content (AvgIpc) is 3.13. The first-order chi connectivity index (χ1) is 12.5. The maximum Gasteiger partial charge on any atom is 0.357 e. The number of hydrogen-bond donors (Lipinski definition) is 2. The van der Waals surface area contributed by atoms with Crippen molar-refractivity contribution in [3.8, 4) is 11.3 Å². The van der Waals surface area contributed by atoms with Gasteiger partial charge in [-0.15, -0.1) is 0 Å². The molecular formula is C19H16BrN3O3. The highest BCUT2D eigenvalue weighted by Gasteiger charge is 2.20. The number of nitrogens with one attached hydrogen (secondary N) is 2. The number of nitrogens with zero attached hydrogens (tertiary/aromatic N) is 1. The van der Waals surface area contributed by atoms with E-state index in [1.807, 2.05) is 30.3 Å². The molecule has 2 N–H and O–H groups in total. The predicted octanol–water partition coefficient (Wildman–Crippen LogP) is 4.02. The van der Waals surface area contributed by atoms with Crippen molar-refractivity contribution < 1.29 is 14.3 Å². The molecule has 0 aliphatic heterocycles. The Morgan fingerprint density at radius 3 is 2.50 bits per heavy atom. The van der Waals surface area contributed by atoms with Crippen LogP contribution in [0.3, 0.4) is 0 Å². The molecule has 0 aliphatic rings. The first-order valence-corrected chi connectivity index (χ1v) is 8.70. The van der Waals surface area contributed by atoms with E-state index in [4.69, 9.17) is 4.74 Å². The van der Waals surface area contributed by atoms with Crippen LogP contribution in [-0.4, -0.2) is 28.2 Å². The second kappa shape index (κ2) is 7.97. The minimum Gasteiger partial charge on any atom is -0.448 e. The molecular weight excluding hydrogens is 398 g/mol. The Morgan fingerprint density at radius 2 is 1.81 bits per heavy atom. The van der Waals surface area contributed by atoms with Gasteiger partial charge in [-0.1, -0.05) is 46.3 Å². The van der Waals surface area contributed by atoms with Gasteiger partial charge < -0.3 is 10.1 Å². The fraction of sp³-hybridized carbons (Fsp3) is 0.105. The van der Waals surface area contributed by atoms with Gasteiger partial charge in [-0.25, -0.2) is 4.79 Å². The molecule has 132 valence electrons. The molecule has 3 aromatic rings. The minimum absolute atomic E-state index is 0.183. The van der Waals surface area contributed by atoms with Crippen molar-refractivity contribution >= 4 is 33.5 Å². The molecule has 0 fully saturated rings. The summed E-state index contributed by atoms with van der Waals surface area (Å²) in [5, 5.41) is 9.45. The lowest BCUT2D eigenvalue weighted by molar-refractivity contribution is -0.123. The average molecular weight is 414 g/mol. The molecule has 1 aromatic heterocycles. The standard InChI is InChI=1S/C19H16BrN3O3/c1-12(18(24)21-15-5-3-2-4-6-15)26-19(25)17-11-16(22-23-17)13-7-9-14(20)10-8-13/h2-12H,1H3,(H,21,24)(H,22,23). The fourth-order valence-corrected chi connectivity index (χ4v) is 2.50. The van der Waals surface area contributed by atoms with Crippen molar-refractivity contribution in [2.24, 2.45) is 0 Å². The summed E-state index contributed by atoms with van der Waals surface area (Å²) in [4.78, 5) is 24.3. The Morgan fingerprint density at radius 1 is 1.12 bits per heavy atom. The van der Waals surface area contributed by atoms with Crippen LogP contribution < -0.4 is 5.32 Å². The number of H-pyrrole nitrogens is 1. The third-order valence-electron chi connectivity index (χ3n) is 3.63. The zero-order valence-electron chi connectivity index (χ0n) is 13.9. The van der Waals surface area contributed by atoms with Gasteiger partial charge in [0.25, 0.3) is 5.91 Å². The Hall–Kier alpha value is -2.93. The third kappa shape index (κ3) is 4.37. The number of carbonyl (C=O) groups is 2. The van der Waals surface area contributed by atoms with Crippen molar-refractivity contribution in [3.63, 3.8) is 0 Å². The van der Waals surface area contributed by atoms with Crippen molar-refractivity contribution in [3.05, 3.63) is 70.8 Å². The number of esters is 1. The largest absolute Gasteiger partial charge is 0.448 e. The molecule has 1 amide bonds. The number of ether oxygens (including phenoxy) is 1. The van der Waals surface area contributed by atoms with E-state index < -0.39 is 18.0 Å². The molecule has 1 atom stereocenters. The molecule has 7 heteroatoms. The van der Waals surface area contributed by atoms with Gasteiger partial charge in [0.2, 0.25) is 0 Å². The topological polar surface area (TPSA) is 84.1 Å². The van der Waals surface area contributed by atoms with Gasteiger partial charge in [0.1, 0.15) is 5.69 Å². The van der Waals surface area contributed by atoms with Crippen molar-refractivity contribution in [2.45, 2.75) is 13.0 Å². The summed E-state index contributed by atoms with van der Waals surface area (Å²) < 4.78 is 6.16. The van der Waals surface area contributed by atoms with Gasteiger partial charge >= 0.3 is 5.97 Å². The first-order valence-electron chi connectivity index (χ1n) is 7.91. The smallest absolute Gasteiger partial charge is 0.357 e. The summed E-state index contributed by atoms with van der Waals surface area (Å²) >= 11 is 3.37. The molecule has 2 aromatic carbocycles. The second-order valence-electron chi connectivity index (χ2n) is 5.58. The van der Waals surface area contributed by atoms with Crippen LogP contribution in [0.4, 0.5) is 5.69 Å². The molecule has 3 rings (SSSR count). The van der Waals surface area contributed by atoms with Gasteiger partial charge in [-0.3, -0.25) is 9.89 Å². The lowest BCUT2D eigenvalue weighted by atomic mass is 10.1. The number of amides is 1. The van der Waals surface area contributed by atoms with Crippen LogP contribution >= 0.6 is 15.9 Å². The Bertz CT molecular complexity index is 907. The molecule has 0 saturated carbocycles. The number of anilines is 1. The molecule has 26 heavy (non-hydrogen) atoms. The quantitative estimate of drug-likeness (QED) is 0.618. The minimum atomic E-state index is -0.942. The number of halogens is 1. The van der Waals surface area contributed by atoms with E-state index in [-0.39, 0.29) is 5.69 Å². The van der Waals surface area contributed by atoms with Gasteiger partial charge in [-0.2, -0.15) is 5.10 Å². The van der Waals surface area contributed by atoms with Gasteiger partial charge in [0, 0.05) is 15.7 Å². The summed E-state index contributed by atoms with van der Waals surface area (Å²) in [7, 11) is 0. The second-order valence-corrected chi connectivity index (χ2v) is 6.49. The maximum absolute atomic E-state index is 12.2. The third-order valence-corrected chi connectivity index (χ3v) is 4.16. The summed E-state index contributed by atoms with van der Waals surface area (Å²) in [5.74, 6) is -1.05. The number of para-hydroxylation sites is 1. The molecule has 0 radical (unpaired) electrons. The first kappa shape index (κ1) is 17.9. The van der Waals surface area contributed by atoms with Crippen molar-refractivity contribution in [1.29, 1.82) is 0 Å². The van der Waals surface area contributed by atoms with Crippen molar-refractivity contribution in [2.75, 3.05) is 5.32 Å². The van der Waals surface area contributed by atoms with E-state index in [9.17, 15) is 9.59 Å². The van der Waals surface area contributed by atoms with Crippen LogP contribution in [0.2, 0.25) is 0 Å². The van der Waals surface area contributed by atoms with Crippen LogP contribution in [0.25, 0.3) is 11.3 Å². The highest BCUT2D eigenvalue weighted by molar-refractivity contribution is 9.10. The molecule has 1 unspecified atom stereocenters.